The highest BCUT2D eigenvalue weighted by molar-refractivity contribution is 6.28. The van der Waals surface area contributed by atoms with Gasteiger partial charge in [-0.2, -0.15) is 4.99 Å². The molecule has 1 fully saturated rings. The number of amidine groups is 1. The lowest BCUT2D eigenvalue weighted by Crippen LogP contribution is -2.40. The van der Waals surface area contributed by atoms with Gasteiger partial charge in [0, 0.05) is 13.1 Å². The molecule has 0 atom stereocenters. The highest BCUT2D eigenvalue weighted by Gasteiger charge is 2.12. The van der Waals surface area contributed by atoms with Crippen LogP contribution in [0.15, 0.2) is 4.99 Å². The Kier molecular flexibility index (Phi) is 3.39. The number of nitrogens with two attached hydrogens (primary N) is 1. The van der Waals surface area contributed by atoms with Crippen molar-refractivity contribution in [1.29, 1.82) is 5.41 Å². The lowest BCUT2D eigenvalue weighted by atomic mass is 10.4. The highest BCUT2D eigenvalue weighted by Crippen LogP contribution is 1.97. The second-order valence-electron chi connectivity index (χ2n) is 2.58. The largest absolute Gasteiger partial charge is 0.381 e. The van der Waals surface area contributed by atoms with Crippen LogP contribution >= 0.6 is 0 Å². The van der Waals surface area contributed by atoms with Gasteiger partial charge < -0.3 is 15.4 Å². The summed E-state index contributed by atoms with van der Waals surface area (Å²) in [6.45, 7) is 2.40. The number of morpholine rings is 1. The van der Waals surface area contributed by atoms with E-state index in [1.807, 2.05) is 0 Å². The Morgan fingerprint density at radius 2 is 2.15 bits per heavy atom. The van der Waals surface area contributed by atoms with Crippen LogP contribution in [0.2, 0.25) is 0 Å². The quantitative estimate of drug-likeness (QED) is 0.304. The van der Waals surface area contributed by atoms with Crippen LogP contribution in [0.5, 0.6) is 0 Å². The molecule has 72 valence electrons. The van der Waals surface area contributed by atoms with Gasteiger partial charge in [-0.15, -0.1) is 0 Å². The second kappa shape index (κ2) is 4.56. The molecule has 6 heteroatoms. The van der Waals surface area contributed by atoms with Crippen LogP contribution in [0.4, 0.5) is 0 Å². The number of nitrogens with one attached hydrogen (secondary N) is 1. The molecule has 13 heavy (non-hydrogen) atoms. The Morgan fingerprint density at radius 3 is 2.69 bits per heavy atom. The van der Waals surface area contributed by atoms with Crippen LogP contribution in [0.25, 0.3) is 0 Å². The first-order chi connectivity index (χ1) is 6.24. The van der Waals surface area contributed by atoms with Crippen molar-refractivity contribution in [3.63, 3.8) is 0 Å². The zero-order valence-electron chi connectivity index (χ0n) is 7.19. The van der Waals surface area contributed by atoms with E-state index in [0.29, 0.717) is 32.6 Å². The standard InChI is InChI=1S/C7H12N4O2/c8-6(5-12)10-7(9)11-1-3-13-4-2-11/h5H,1-4H2,(H3,8,9,10). The Balaban J connectivity index is 2.50. The number of guanidine groups is 1. The summed E-state index contributed by atoms with van der Waals surface area (Å²) in [5.74, 6) is -0.149. The third-order valence-corrected chi connectivity index (χ3v) is 1.67. The molecule has 1 heterocycles. The number of hydrogen-bond acceptors (Lipinski definition) is 3. The Morgan fingerprint density at radius 1 is 1.54 bits per heavy atom. The van der Waals surface area contributed by atoms with Crippen molar-refractivity contribution in [2.75, 3.05) is 26.3 Å². The van der Waals surface area contributed by atoms with Crippen molar-refractivity contribution in [3.8, 4) is 0 Å². The van der Waals surface area contributed by atoms with Gasteiger partial charge in [-0.25, -0.2) is 0 Å². The summed E-state index contributed by atoms with van der Waals surface area (Å²) in [5.41, 5.74) is 5.16. The van der Waals surface area contributed by atoms with Crippen molar-refractivity contribution in [2.45, 2.75) is 0 Å². The summed E-state index contributed by atoms with van der Waals surface area (Å²) in [7, 11) is 0. The fourth-order valence-electron chi connectivity index (χ4n) is 0.995. The van der Waals surface area contributed by atoms with Gasteiger partial charge in [0.1, 0.15) is 0 Å². The number of carbonyl (C=O) groups excluding carboxylic acids is 1. The first-order valence-corrected chi connectivity index (χ1v) is 3.94. The minimum Gasteiger partial charge on any atom is -0.381 e. The smallest absolute Gasteiger partial charge is 0.220 e. The molecule has 1 rings (SSSR count). The predicted molar refractivity (Wildman–Crippen MR) is 47.8 cm³/mol. The van der Waals surface area contributed by atoms with E-state index in [0.717, 1.165) is 0 Å². The van der Waals surface area contributed by atoms with Crippen LogP contribution < -0.4 is 5.73 Å². The number of nitrogens with zero attached hydrogens (tertiary/aromatic N) is 2. The molecule has 0 amide bonds. The zero-order chi connectivity index (χ0) is 9.68. The highest BCUT2D eigenvalue weighted by atomic mass is 16.5. The van der Waals surface area contributed by atoms with E-state index in [2.05, 4.69) is 4.99 Å². The molecule has 0 aromatic carbocycles. The summed E-state index contributed by atoms with van der Waals surface area (Å²) >= 11 is 0. The number of aldehydes is 1. The molecule has 0 unspecified atom stereocenters. The van der Waals surface area contributed by atoms with Crippen molar-refractivity contribution in [2.24, 2.45) is 10.7 Å². The lowest BCUT2D eigenvalue weighted by Gasteiger charge is -2.26. The van der Waals surface area contributed by atoms with Gasteiger partial charge in [0.2, 0.25) is 5.96 Å². The molecule has 1 saturated heterocycles. The second-order valence-corrected chi connectivity index (χ2v) is 2.58. The van der Waals surface area contributed by atoms with Crippen LogP contribution in [0, 0.1) is 5.41 Å². The van der Waals surface area contributed by atoms with Gasteiger partial charge in [0.25, 0.3) is 0 Å². The molecule has 0 aromatic rings. The molecule has 6 nitrogen and oxygen atoms in total. The van der Waals surface area contributed by atoms with Gasteiger partial charge in [-0.05, 0) is 0 Å². The Labute approximate surface area is 75.9 Å². The summed E-state index contributed by atoms with van der Waals surface area (Å²) in [6.07, 6.45) is 0.426. The molecule has 0 spiro atoms. The minimum absolute atomic E-state index is 0.0212. The summed E-state index contributed by atoms with van der Waals surface area (Å²) in [4.78, 5) is 15.4. The maximum Gasteiger partial charge on any atom is 0.220 e. The van der Waals surface area contributed by atoms with E-state index < -0.39 is 0 Å². The van der Waals surface area contributed by atoms with Gasteiger partial charge in [-0.3, -0.25) is 10.2 Å². The van der Waals surface area contributed by atoms with Gasteiger partial charge >= 0.3 is 0 Å². The first kappa shape index (κ1) is 9.66. The van der Waals surface area contributed by atoms with Crippen LogP contribution in [0.1, 0.15) is 0 Å². The molecular weight excluding hydrogens is 172 g/mol. The monoisotopic (exact) mass is 184 g/mol. The lowest BCUT2D eigenvalue weighted by molar-refractivity contribution is -0.102. The normalized spacial score (nSPS) is 18.5. The summed E-state index contributed by atoms with van der Waals surface area (Å²) in [6, 6.07) is 0. The third-order valence-electron chi connectivity index (χ3n) is 1.67. The molecule has 0 bridgehead atoms. The Bertz CT molecular complexity index is 233. The number of aliphatic imine (C=N–C) groups is 1. The fourth-order valence-corrected chi connectivity index (χ4v) is 0.995. The number of rotatable bonds is 1. The third kappa shape index (κ3) is 2.83. The molecule has 1 aliphatic rings. The molecule has 0 radical (unpaired) electrons. The van der Waals surface area contributed by atoms with Crippen molar-refractivity contribution in [3.05, 3.63) is 0 Å². The number of hydrogen-bond donors (Lipinski definition) is 2. The Hall–Kier alpha value is -1.43. The number of carbonyl (C=O) groups is 1. The maximum atomic E-state index is 10.1. The van der Waals surface area contributed by atoms with E-state index in [4.69, 9.17) is 15.9 Å². The van der Waals surface area contributed by atoms with Crippen molar-refractivity contribution >= 4 is 18.1 Å². The van der Waals surface area contributed by atoms with Crippen molar-refractivity contribution in [1.82, 2.24) is 4.90 Å². The van der Waals surface area contributed by atoms with E-state index >= 15 is 0 Å². The maximum absolute atomic E-state index is 10.1. The first-order valence-electron chi connectivity index (χ1n) is 3.94. The predicted octanol–water partition coefficient (Wildman–Crippen LogP) is -1.19. The summed E-state index contributed by atoms with van der Waals surface area (Å²) < 4.78 is 5.09. The van der Waals surface area contributed by atoms with E-state index in [9.17, 15) is 4.79 Å². The zero-order valence-corrected chi connectivity index (χ0v) is 7.19. The van der Waals surface area contributed by atoms with Crippen LogP contribution in [0.3, 0.4) is 0 Å². The fraction of sp³-hybridized carbons (Fsp3) is 0.571. The van der Waals surface area contributed by atoms with Crippen LogP contribution in [-0.2, 0) is 9.53 Å². The molecule has 0 saturated carbocycles. The van der Waals surface area contributed by atoms with Gasteiger partial charge in [0.05, 0.1) is 13.2 Å². The average molecular weight is 184 g/mol. The molecular formula is C7H12N4O2. The molecule has 0 aliphatic carbocycles. The van der Waals surface area contributed by atoms with Crippen LogP contribution in [-0.4, -0.2) is 49.3 Å². The van der Waals surface area contributed by atoms with E-state index in [1.54, 1.807) is 4.90 Å². The number of ether oxygens (including phenoxy) is 1. The average Bonchev–Trinajstić information content (AvgIpc) is 2.19. The van der Waals surface area contributed by atoms with Gasteiger partial charge in [0.15, 0.2) is 12.1 Å². The topological polar surface area (TPSA) is 91.8 Å². The summed E-state index contributed by atoms with van der Waals surface area (Å²) in [5, 5.41) is 7.46. The molecule has 3 N–H and O–H groups in total. The molecule has 1 aliphatic heterocycles. The molecule has 0 aromatic heterocycles. The van der Waals surface area contributed by atoms with E-state index in [-0.39, 0.29) is 11.8 Å². The van der Waals surface area contributed by atoms with E-state index in [1.165, 1.54) is 0 Å². The van der Waals surface area contributed by atoms with Gasteiger partial charge in [-0.1, -0.05) is 0 Å². The van der Waals surface area contributed by atoms with Crippen molar-refractivity contribution < 1.29 is 9.53 Å². The minimum atomic E-state index is -0.170. The SMILES string of the molecule is N=C(/N=C(\N)C=O)N1CCOCC1.